The Morgan fingerprint density at radius 2 is 1.70 bits per heavy atom. The number of halogens is 1. The fraction of sp³-hybridized carbons (Fsp3) is 0.120. The van der Waals surface area contributed by atoms with Gasteiger partial charge >= 0.3 is 0 Å². The molecule has 0 saturated carbocycles. The van der Waals surface area contributed by atoms with E-state index in [9.17, 15) is 4.39 Å². The van der Waals surface area contributed by atoms with Gasteiger partial charge in [0, 0.05) is 42.0 Å². The normalized spacial score (nSPS) is 10.3. The summed E-state index contributed by atoms with van der Waals surface area (Å²) in [6.07, 6.45) is 1.81. The Kier molecular flexibility index (Phi) is 5.46. The standard InChI is InChI=1S/C25H19FN4/c1-30(13-12-26)24-10-5-18(6-11-24)4-9-23-15-21-14-22(17-28-25(21)29-23)20-7-2-19(16-27)3-8-20/h2-3,5-8,10-11,14-15,17H,12-13H2,1H3,(H,28,29). The van der Waals surface area contributed by atoms with E-state index in [1.54, 1.807) is 12.1 Å². The van der Waals surface area contributed by atoms with Gasteiger partial charge in [0.05, 0.1) is 17.3 Å². The van der Waals surface area contributed by atoms with Crippen LogP contribution in [-0.4, -0.2) is 30.2 Å². The third-order valence-electron chi connectivity index (χ3n) is 4.89. The summed E-state index contributed by atoms with van der Waals surface area (Å²) >= 11 is 0. The SMILES string of the molecule is CN(CCF)c1ccc(C#Cc2cc3cc(-c4ccc(C#N)cc4)cnc3[nH]2)cc1. The van der Waals surface area contributed by atoms with Crippen LogP contribution in [0.4, 0.5) is 10.1 Å². The monoisotopic (exact) mass is 394 g/mol. The van der Waals surface area contributed by atoms with E-state index in [1.807, 2.05) is 60.6 Å². The number of benzene rings is 2. The highest BCUT2D eigenvalue weighted by molar-refractivity contribution is 5.83. The molecule has 2 aromatic carbocycles. The van der Waals surface area contributed by atoms with Crippen molar-refractivity contribution in [2.75, 3.05) is 25.2 Å². The number of H-pyrrole nitrogens is 1. The number of rotatable bonds is 4. The Labute approximate surface area is 174 Å². The maximum absolute atomic E-state index is 12.5. The van der Waals surface area contributed by atoms with Crippen LogP contribution in [0, 0.1) is 23.2 Å². The quantitative estimate of drug-likeness (QED) is 0.501. The maximum Gasteiger partial charge on any atom is 0.138 e. The summed E-state index contributed by atoms with van der Waals surface area (Å²) in [7, 11) is 1.86. The number of aromatic nitrogens is 2. The van der Waals surface area contributed by atoms with Crippen molar-refractivity contribution >= 4 is 16.7 Å². The van der Waals surface area contributed by atoms with Gasteiger partial charge in [-0.3, -0.25) is 0 Å². The van der Waals surface area contributed by atoms with Crippen LogP contribution in [0.5, 0.6) is 0 Å². The molecular weight excluding hydrogens is 375 g/mol. The zero-order chi connectivity index (χ0) is 20.9. The van der Waals surface area contributed by atoms with E-state index in [4.69, 9.17) is 5.26 Å². The van der Waals surface area contributed by atoms with Crippen LogP contribution in [0.2, 0.25) is 0 Å². The van der Waals surface area contributed by atoms with Gasteiger partial charge in [0.25, 0.3) is 0 Å². The number of pyridine rings is 1. The first-order valence-electron chi connectivity index (χ1n) is 9.55. The highest BCUT2D eigenvalue weighted by Crippen LogP contribution is 2.23. The van der Waals surface area contributed by atoms with Gasteiger partial charge < -0.3 is 9.88 Å². The summed E-state index contributed by atoms with van der Waals surface area (Å²) in [6, 6.07) is 21.3. The molecule has 0 amide bonds. The number of alkyl halides is 1. The van der Waals surface area contributed by atoms with Crippen LogP contribution in [0.15, 0.2) is 66.9 Å². The number of hydrogen-bond donors (Lipinski definition) is 1. The number of hydrogen-bond acceptors (Lipinski definition) is 3. The smallest absolute Gasteiger partial charge is 0.138 e. The topological polar surface area (TPSA) is 55.7 Å². The average molecular weight is 394 g/mol. The second-order valence-electron chi connectivity index (χ2n) is 6.94. The fourth-order valence-electron chi connectivity index (χ4n) is 3.17. The molecule has 30 heavy (non-hydrogen) atoms. The number of nitrogens with zero attached hydrogens (tertiary/aromatic N) is 3. The van der Waals surface area contributed by atoms with Crippen LogP contribution in [0.3, 0.4) is 0 Å². The highest BCUT2D eigenvalue weighted by Gasteiger charge is 2.04. The van der Waals surface area contributed by atoms with Crippen molar-refractivity contribution < 1.29 is 4.39 Å². The van der Waals surface area contributed by atoms with Crippen LogP contribution in [0.25, 0.3) is 22.2 Å². The lowest BCUT2D eigenvalue weighted by Crippen LogP contribution is -2.19. The molecule has 5 heteroatoms. The second-order valence-corrected chi connectivity index (χ2v) is 6.94. The van der Waals surface area contributed by atoms with Gasteiger partial charge in [-0.1, -0.05) is 18.1 Å². The Morgan fingerprint density at radius 3 is 2.40 bits per heavy atom. The van der Waals surface area contributed by atoms with Gasteiger partial charge in [0.2, 0.25) is 0 Å². The van der Waals surface area contributed by atoms with Gasteiger partial charge in [0.1, 0.15) is 12.3 Å². The summed E-state index contributed by atoms with van der Waals surface area (Å²) in [5, 5.41) is 9.92. The van der Waals surface area contributed by atoms with E-state index >= 15 is 0 Å². The van der Waals surface area contributed by atoms with Gasteiger partial charge in [0.15, 0.2) is 0 Å². The summed E-state index contributed by atoms with van der Waals surface area (Å²) < 4.78 is 12.5. The first-order valence-corrected chi connectivity index (χ1v) is 9.55. The van der Waals surface area contributed by atoms with Crippen LogP contribution >= 0.6 is 0 Å². The van der Waals surface area contributed by atoms with Gasteiger partial charge in [-0.2, -0.15) is 5.26 Å². The van der Waals surface area contributed by atoms with Crippen molar-refractivity contribution in [2.24, 2.45) is 0 Å². The minimum absolute atomic E-state index is 0.373. The van der Waals surface area contributed by atoms with Gasteiger partial charge in [-0.05, 0) is 60.0 Å². The molecule has 1 N–H and O–H groups in total. The molecule has 0 aliphatic heterocycles. The molecule has 0 saturated heterocycles. The van der Waals surface area contributed by atoms with Gasteiger partial charge in [-0.25, -0.2) is 9.37 Å². The Balaban J connectivity index is 1.55. The Hall–Kier alpha value is -4.09. The van der Waals surface area contributed by atoms with E-state index in [0.29, 0.717) is 12.1 Å². The number of nitrogens with one attached hydrogen (secondary N) is 1. The molecule has 4 rings (SSSR count). The fourth-order valence-corrected chi connectivity index (χ4v) is 3.17. The molecule has 0 aliphatic carbocycles. The van der Waals surface area contributed by atoms with E-state index in [2.05, 4.69) is 33.9 Å². The molecule has 2 aromatic heterocycles. The molecule has 0 bridgehead atoms. The van der Waals surface area contributed by atoms with Crippen molar-refractivity contribution in [1.29, 1.82) is 5.26 Å². The molecule has 0 unspecified atom stereocenters. The molecule has 4 nitrogen and oxygen atoms in total. The van der Waals surface area contributed by atoms with E-state index in [0.717, 1.165) is 39.1 Å². The third-order valence-corrected chi connectivity index (χ3v) is 4.89. The summed E-state index contributed by atoms with van der Waals surface area (Å²) in [5.41, 5.74) is 6.04. The van der Waals surface area contributed by atoms with Crippen LogP contribution in [0.1, 0.15) is 16.8 Å². The number of fused-ring (bicyclic) bond motifs is 1. The predicted octanol–water partition coefficient (Wildman–Crippen LogP) is 4.91. The molecule has 0 fully saturated rings. The number of nitriles is 1. The minimum atomic E-state index is -0.376. The highest BCUT2D eigenvalue weighted by atomic mass is 19.1. The van der Waals surface area contributed by atoms with Crippen molar-refractivity contribution in [3.05, 3.63) is 83.7 Å². The van der Waals surface area contributed by atoms with Crippen LogP contribution in [-0.2, 0) is 0 Å². The minimum Gasteiger partial charge on any atom is -0.372 e. The van der Waals surface area contributed by atoms with E-state index in [1.165, 1.54) is 0 Å². The Bertz CT molecular complexity index is 1270. The molecule has 146 valence electrons. The lowest BCUT2D eigenvalue weighted by atomic mass is 10.1. The maximum atomic E-state index is 12.5. The number of aromatic amines is 1. The molecule has 2 heterocycles. The largest absolute Gasteiger partial charge is 0.372 e. The summed E-state index contributed by atoms with van der Waals surface area (Å²) in [6.45, 7) is -0.00306. The zero-order valence-electron chi connectivity index (χ0n) is 16.5. The molecule has 0 radical (unpaired) electrons. The van der Waals surface area contributed by atoms with E-state index in [-0.39, 0.29) is 6.67 Å². The van der Waals surface area contributed by atoms with E-state index < -0.39 is 0 Å². The molecule has 4 aromatic rings. The first-order chi connectivity index (χ1) is 14.7. The van der Waals surface area contributed by atoms with Crippen molar-refractivity contribution in [2.45, 2.75) is 0 Å². The number of anilines is 1. The molecular formula is C25H19FN4. The second kappa shape index (κ2) is 8.51. The summed E-state index contributed by atoms with van der Waals surface area (Å²) in [4.78, 5) is 9.60. The molecule has 0 aliphatic rings. The zero-order valence-corrected chi connectivity index (χ0v) is 16.5. The third kappa shape index (κ3) is 4.16. The molecule has 0 spiro atoms. The van der Waals surface area contributed by atoms with Crippen molar-refractivity contribution in [3.63, 3.8) is 0 Å². The van der Waals surface area contributed by atoms with Gasteiger partial charge in [-0.15, -0.1) is 0 Å². The van der Waals surface area contributed by atoms with Crippen molar-refractivity contribution in [1.82, 2.24) is 9.97 Å². The lowest BCUT2D eigenvalue weighted by molar-refractivity contribution is 0.497. The Morgan fingerprint density at radius 1 is 0.967 bits per heavy atom. The van der Waals surface area contributed by atoms with Crippen molar-refractivity contribution in [3.8, 4) is 29.0 Å². The summed E-state index contributed by atoms with van der Waals surface area (Å²) in [5.74, 6) is 6.29. The predicted molar refractivity (Wildman–Crippen MR) is 118 cm³/mol. The van der Waals surface area contributed by atoms with Crippen LogP contribution < -0.4 is 4.90 Å². The lowest BCUT2D eigenvalue weighted by Gasteiger charge is -2.16. The first kappa shape index (κ1) is 19.2. The molecule has 0 atom stereocenters. The average Bonchev–Trinajstić information content (AvgIpc) is 3.20.